The normalized spacial score (nSPS) is 24.4. The van der Waals surface area contributed by atoms with Gasteiger partial charge in [-0.05, 0) is 55.4 Å². The first-order chi connectivity index (χ1) is 9.54. The predicted molar refractivity (Wildman–Crippen MR) is 82.0 cm³/mol. The van der Waals surface area contributed by atoms with Gasteiger partial charge in [-0.2, -0.15) is 0 Å². The van der Waals surface area contributed by atoms with Crippen molar-refractivity contribution in [1.82, 2.24) is 5.32 Å². The molecule has 2 aliphatic carbocycles. The summed E-state index contributed by atoms with van der Waals surface area (Å²) >= 11 is 0. The second kappa shape index (κ2) is 5.12. The van der Waals surface area contributed by atoms with Crippen LogP contribution in [0.25, 0.3) is 0 Å². The Bertz CT molecular complexity index is 488. The van der Waals surface area contributed by atoms with E-state index in [1.54, 1.807) is 0 Å². The van der Waals surface area contributed by atoms with Gasteiger partial charge in [0.15, 0.2) is 0 Å². The van der Waals surface area contributed by atoms with Crippen LogP contribution in [-0.4, -0.2) is 18.0 Å². The summed E-state index contributed by atoms with van der Waals surface area (Å²) < 4.78 is 0. The summed E-state index contributed by atoms with van der Waals surface area (Å²) in [5, 5.41) is 6.64. The van der Waals surface area contributed by atoms with Crippen LogP contribution in [-0.2, 0) is 0 Å². The van der Waals surface area contributed by atoms with Gasteiger partial charge in [-0.25, -0.2) is 0 Å². The van der Waals surface area contributed by atoms with E-state index >= 15 is 0 Å². The van der Waals surface area contributed by atoms with Gasteiger partial charge in [-0.1, -0.05) is 20.3 Å². The summed E-state index contributed by atoms with van der Waals surface area (Å²) in [5.41, 5.74) is 2.24. The predicted octanol–water partition coefficient (Wildman–Crippen LogP) is 3.57. The largest absolute Gasteiger partial charge is 0.382 e. The van der Waals surface area contributed by atoms with E-state index in [0.29, 0.717) is 17.5 Å². The SMILES string of the molecule is CC1(C)CCCC1Nc1ccc(C(=O)NC2CC2)cc1. The molecule has 1 amide bonds. The molecule has 2 fully saturated rings. The van der Waals surface area contributed by atoms with Gasteiger partial charge in [0, 0.05) is 23.3 Å². The van der Waals surface area contributed by atoms with Crippen molar-refractivity contribution in [2.24, 2.45) is 5.41 Å². The smallest absolute Gasteiger partial charge is 0.251 e. The van der Waals surface area contributed by atoms with Crippen molar-refractivity contribution in [1.29, 1.82) is 0 Å². The number of carbonyl (C=O) groups is 1. The summed E-state index contributed by atoms with van der Waals surface area (Å²) in [4.78, 5) is 11.9. The van der Waals surface area contributed by atoms with E-state index < -0.39 is 0 Å². The maximum Gasteiger partial charge on any atom is 0.251 e. The number of benzene rings is 1. The lowest BCUT2D eigenvalue weighted by Gasteiger charge is -2.28. The van der Waals surface area contributed by atoms with Crippen molar-refractivity contribution in [2.45, 2.75) is 58.0 Å². The van der Waals surface area contributed by atoms with Crippen LogP contribution in [0.3, 0.4) is 0 Å². The second-order valence-electron chi connectivity index (χ2n) is 6.90. The Morgan fingerprint density at radius 3 is 2.40 bits per heavy atom. The van der Waals surface area contributed by atoms with Crippen molar-refractivity contribution in [2.75, 3.05) is 5.32 Å². The van der Waals surface area contributed by atoms with Gasteiger partial charge in [-0.15, -0.1) is 0 Å². The molecule has 0 saturated heterocycles. The molecule has 2 N–H and O–H groups in total. The third-order valence-electron chi connectivity index (χ3n) is 4.66. The van der Waals surface area contributed by atoms with E-state index in [4.69, 9.17) is 0 Å². The van der Waals surface area contributed by atoms with Gasteiger partial charge in [0.05, 0.1) is 0 Å². The summed E-state index contributed by atoms with van der Waals surface area (Å²) in [6.07, 6.45) is 6.07. The maximum atomic E-state index is 11.9. The minimum Gasteiger partial charge on any atom is -0.382 e. The maximum absolute atomic E-state index is 11.9. The zero-order valence-electron chi connectivity index (χ0n) is 12.4. The summed E-state index contributed by atoms with van der Waals surface area (Å²) in [6, 6.07) is 8.84. The Balaban J connectivity index is 1.62. The molecule has 108 valence electrons. The van der Waals surface area contributed by atoms with E-state index in [1.165, 1.54) is 19.3 Å². The number of anilines is 1. The molecule has 0 bridgehead atoms. The fourth-order valence-electron chi connectivity index (χ4n) is 3.01. The first-order valence-electron chi connectivity index (χ1n) is 7.72. The Labute approximate surface area is 121 Å². The van der Waals surface area contributed by atoms with Crippen LogP contribution in [0.4, 0.5) is 5.69 Å². The van der Waals surface area contributed by atoms with E-state index in [1.807, 2.05) is 24.3 Å². The molecule has 1 aromatic rings. The van der Waals surface area contributed by atoms with Crippen LogP contribution < -0.4 is 10.6 Å². The average Bonchev–Trinajstić information content (AvgIpc) is 3.16. The van der Waals surface area contributed by atoms with Crippen LogP contribution in [0.2, 0.25) is 0 Å². The van der Waals surface area contributed by atoms with Gasteiger partial charge in [-0.3, -0.25) is 4.79 Å². The number of rotatable bonds is 4. The third kappa shape index (κ3) is 2.97. The second-order valence-corrected chi connectivity index (χ2v) is 6.90. The van der Waals surface area contributed by atoms with Crippen LogP contribution in [0, 0.1) is 5.41 Å². The van der Waals surface area contributed by atoms with Gasteiger partial charge < -0.3 is 10.6 Å². The van der Waals surface area contributed by atoms with Crippen LogP contribution in [0.1, 0.15) is 56.3 Å². The molecule has 0 heterocycles. The van der Waals surface area contributed by atoms with Crippen molar-refractivity contribution < 1.29 is 4.79 Å². The lowest BCUT2D eigenvalue weighted by atomic mass is 9.87. The molecule has 1 aromatic carbocycles. The molecular weight excluding hydrogens is 248 g/mol. The molecule has 20 heavy (non-hydrogen) atoms. The van der Waals surface area contributed by atoms with Crippen molar-refractivity contribution in [3.8, 4) is 0 Å². The monoisotopic (exact) mass is 272 g/mol. The summed E-state index contributed by atoms with van der Waals surface area (Å²) in [6.45, 7) is 4.66. The Morgan fingerprint density at radius 1 is 1.15 bits per heavy atom. The summed E-state index contributed by atoms with van der Waals surface area (Å²) in [5.74, 6) is 0.0558. The number of hydrogen-bond acceptors (Lipinski definition) is 2. The van der Waals surface area contributed by atoms with E-state index in [2.05, 4.69) is 24.5 Å². The van der Waals surface area contributed by atoms with Crippen molar-refractivity contribution in [3.05, 3.63) is 29.8 Å². The molecule has 2 aliphatic rings. The number of hydrogen-bond donors (Lipinski definition) is 2. The minimum atomic E-state index is 0.0558. The lowest BCUT2D eigenvalue weighted by molar-refractivity contribution is 0.0951. The van der Waals surface area contributed by atoms with Crippen molar-refractivity contribution in [3.63, 3.8) is 0 Å². The minimum absolute atomic E-state index is 0.0558. The summed E-state index contributed by atoms with van der Waals surface area (Å²) in [7, 11) is 0. The van der Waals surface area contributed by atoms with Gasteiger partial charge >= 0.3 is 0 Å². The molecule has 0 spiro atoms. The van der Waals surface area contributed by atoms with Crippen LogP contribution >= 0.6 is 0 Å². The van der Waals surface area contributed by atoms with Gasteiger partial charge in [0.25, 0.3) is 5.91 Å². The Morgan fingerprint density at radius 2 is 1.85 bits per heavy atom. The zero-order chi connectivity index (χ0) is 14.2. The fourth-order valence-corrected chi connectivity index (χ4v) is 3.01. The van der Waals surface area contributed by atoms with E-state index in [-0.39, 0.29) is 5.91 Å². The molecule has 3 rings (SSSR count). The lowest BCUT2D eigenvalue weighted by Crippen LogP contribution is -2.30. The Hall–Kier alpha value is -1.51. The standard InChI is InChI=1S/C17H24N2O/c1-17(2)11-3-4-15(17)18-13-7-5-12(6-8-13)16(20)19-14-9-10-14/h5-8,14-15,18H,3-4,9-11H2,1-2H3,(H,19,20). The third-order valence-corrected chi connectivity index (χ3v) is 4.66. The average molecular weight is 272 g/mol. The van der Waals surface area contributed by atoms with Crippen LogP contribution in [0.5, 0.6) is 0 Å². The van der Waals surface area contributed by atoms with Gasteiger partial charge in [0.1, 0.15) is 0 Å². The van der Waals surface area contributed by atoms with E-state index in [0.717, 1.165) is 24.1 Å². The van der Waals surface area contributed by atoms with Crippen LogP contribution in [0.15, 0.2) is 24.3 Å². The molecule has 3 heteroatoms. The molecule has 1 atom stereocenters. The van der Waals surface area contributed by atoms with E-state index in [9.17, 15) is 4.79 Å². The fraction of sp³-hybridized carbons (Fsp3) is 0.588. The highest BCUT2D eigenvalue weighted by Crippen LogP contribution is 2.38. The first kappa shape index (κ1) is 13.5. The number of amides is 1. The molecule has 0 radical (unpaired) electrons. The number of nitrogens with one attached hydrogen (secondary N) is 2. The molecule has 3 nitrogen and oxygen atoms in total. The molecule has 2 saturated carbocycles. The topological polar surface area (TPSA) is 41.1 Å². The number of carbonyl (C=O) groups excluding carboxylic acids is 1. The Kier molecular flexibility index (Phi) is 3.45. The van der Waals surface area contributed by atoms with Crippen molar-refractivity contribution >= 4 is 11.6 Å². The quantitative estimate of drug-likeness (QED) is 0.879. The van der Waals surface area contributed by atoms with Gasteiger partial charge in [0.2, 0.25) is 0 Å². The molecule has 1 unspecified atom stereocenters. The highest BCUT2D eigenvalue weighted by molar-refractivity contribution is 5.94. The molecular formula is C17H24N2O. The highest BCUT2D eigenvalue weighted by Gasteiger charge is 2.34. The highest BCUT2D eigenvalue weighted by atomic mass is 16.1. The molecule has 0 aromatic heterocycles. The first-order valence-corrected chi connectivity index (χ1v) is 7.72. The molecule has 0 aliphatic heterocycles. The zero-order valence-corrected chi connectivity index (χ0v) is 12.4.